The number of aromatic nitrogens is 2. The average molecular weight is 342 g/mol. The fraction of sp³-hybridized carbons (Fsp3) is 0.333. The number of aryl methyl sites for hydroxylation is 1. The number of hydrogen-bond acceptors (Lipinski definition) is 4. The Kier molecular flexibility index (Phi) is 5.33. The number of halogens is 1. The smallest absolute Gasteiger partial charge is 0.225 e. The predicted molar refractivity (Wildman–Crippen MR) is 88.7 cm³/mol. The van der Waals surface area contributed by atoms with Crippen molar-refractivity contribution in [2.45, 2.75) is 31.8 Å². The van der Waals surface area contributed by atoms with Crippen LogP contribution in [0.25, 0.3) is 0 Å². The first kappa shape index (κ1) is 17.0. The minimum atomic E-state index is -0.301. The molecule has 1 N–H and O–H groups in total. The number of rotatable bonds is 6. The fourth-order valence-electron chi connectivity index (χ4n) is 2.83. The van der Waals surface area contributed by atoms with E-state index in [1.54, 1.807) is 35.6 Å². The summed E-state index contributed by atoms with van der Waals surface area (Å²) in [5.74, 6) is -0.416. The van der Waals surface area contributed by atoms with Crippen molar-refractivity contribution in [2.24, 2.45) is 0 Å². The second kappa shape index (κ2) is 7.83. The Morgan fingerprint density at radius 2 is 2.08 bits per heavy atom. The molecule has 1 fully saturated rings. The molecule has 1 atom stereocenters. The van der Waals surface area contributed by atoms with Crippen molar-refractivity contribution in [1.82, 2.24) is 20.2 Å². The van der Waals surface area contributed by atoms with Crippen molar-refractivity contribution >= 4 is 11.8 Å². The van der Waals surface area contributed by atoms with Gasteiger partial charge < -0.3 is 10.2 Å². The monoisotopic (exact) mass is 342 g/mol. The van der Waals surface area contributed by atoms with E-state index in [2.05, 4.69) is 15.3 Å². The van der Waals surface area contributed by atoms with Gasteiger partial charge in [0.05, 0.1) is 11.7 Å². The van der Waals surface area contributed by atoms with Crippen molar-refractivity contribution in [3.63, 3.8) is 0 Å². The van der Waals surface area contributed by atoms with Gasteiger partial charge in [0.25, 0.3) is 0 Å². The van der Waals surface area contributed by atoms with Crippen molar-refractivity contribution < 1.29 is 14.0 Å². The number of amides is 2. The molecule has 2 aromatic rings. The lowest BCUT2D eigenvalue weighted by atomic mass is 10.2. The van der Waals surface area contributed by atoms with E-state index in [4.69, 9.17) is 0 Å². The highest BCUT2D eigenvalue weighted by Crippen LogP contribution is 2.15. The standard InChI is InChI=1S/C18H19FN4O2/c19-14-3-1-13(2-4-14)11-23-12-16(9-18(23)25)22-17(24)6-5-15-10-20-7-8-21-15/h1-4,7-8,10,16H,5-6,9,11-12H2,(H,22,24). The van der Waals surface area contributed by atoms with Crippen LogP contribution in [0.3, 0.4) is 0 Å². The highest BCUT2D eigenvalue weighted by Gasteiger charge is 2.30. The summed E-state index contributed by atoms with van der Waals surface area (Å²) in [6.45, 7) is 0.887. The van der Waals surface area contributed by atoms with E-state index in [0.29, 0.717) is 25.9 Å². The zero-order valence-corrected chi connectivity index (χ0v) is 13.7. The molecule has 1 aliphatic heterocycles. The molecule has 0 saturated carbocycles. The number of benzene rings is 1. The fourth-order valence-corrected chi connectivity index (χ4v) is 2.83. The highest BCUT2D eigenvalue weighted by molar-refractivity contribution is 5.82. The van der Waals surface area contributed by atoms with E-state index in [0.717, 1.165) is 11.3 Å². The van der Waals surface area contributed by atoms with Crippen LogP contribution >= 0.6 is 0 Å². The first-order valence-electron chi connectivity index (χ1n) is 8.16. The molecule has 1 aromatic carbocycles. The van der Waals surface area contributed by atoms with Gasteiger partial charge in [0.1, 0.15) is 5.82 Å². The molecule has 7 heteroatoms. The van der Waals surface area contributed by atoms with Crippen LogP contribution in [0.15, 0.2) is 42.9 Å². The third kappa shape index (κ3) is 4.82. The molecule has 2 heterocycles. The molecule has 3 rings (SSSR count). The summed E-state index contributed by atoms with van der Waals surface area (Å²) in [6, 6.07) is 5.89. The van der Waals surface area contributed by atoms with Gasteiger partial charge in [-0.15, -0.1) is 0 Å². The summed E-state index contributed by atoms with van der Waals surface area (Å²) in [5, 5.41) is 2.89. The Morgan fingerprint density at radius 3 is 2.80 bits per heavy atom. The van der Waals surface area contributed by atoms with Gasteiger partial charge in [0.2, 0.25) is 11.8 Å². The molecule has 0 aliphatic carbocycles. The number of carbonyl (C=O) groups is 2. The normalized spacial score (nSPS) is 16.9. The van der Waals surface area contributed by atoms with Gasteiger partial charge >= 0.3 is 0 Å². The Balaban J connectivity index is 1.47. The molecule has 1 aliphatic rings. The maximum absolute atomic E-state index is 12.9. The summed E-state index contributed by atoms with van der Waals surface area (Å²) in [6.07, 6.45) is 5.93. The molecule has 0 spiro atoms. The van der Waals surface area contributed by atoms with Crippen LogP contribution in [0.5, 0.6) is 0 Å². The van der Waals surface area contributed by atoms with Gasteiger partial charge in [-0.1, -0.05) is 12.1 Å². The van der Waals surface area contributed by atoms with E-state index in [1.807, 2.05) is 0 Å². The second-order valence-corrected chi connectivity index (χ2v) is 6.07. The lowest BCUT2D eigenvalue weighted by molar-refractivity contribution is -0.128. The lowest BCUT2D eigenvalue weighted by Gasteiger charge is -2.17. The molecule has 6 nitrogen and oxygen atoms in total. The Hall–Kier alpha value is -2.83. The van der Waals surface area contributed by atoms with E-state index < -0.39 is 0 Å². The maximum atomic E-state index is 12.9. The number of nitrogens with zero attached hydrogens (tertiary/aromatic N) is 3. The summed E-state index contributed by atoms with van der Waals surface area (Å²) < 4.78 is 12.9. The molecule has 0 bridgehead atoms. The van der Waals surface area contributed by atoms with E-state index >= 15 is 0 Å². The number of nitrogens with one attached hydrogen (secondary N) is 1. The van der Waals surface area contributed by atoms with E-state index in [-0.39, 0.29) is 30.1 Å². The molecule has 25 heavy (non-hydrogen) atoms. The summed E-state index contributed by atoms with van der Waals surface area (Å²) >= 11 is 0. The van der Waals surface area contributed by atoms with Crippen LogP contribution in [0.1, 0.15) is 24.1 Å². The van der Waals surface area contributed by atoms with Gasteiger partial charge in [0, 0.05) is 44.5 Å². The molecule has 1 unspecified atom stereocenters. The zero-order chi connectivity index (χ0) is 17.6. The lowest BCUT2D eigenvalue weighted by Crippen LogP contribution is -2.37. The predicted octanol–water partition coefficient (Wildman–Crippen LogP) is 1.47. The minimum absolute atomic E-state index is 0.0106. The largest absolute Gasteiger partial charge is 0.351 e. The quantitative estimate of drug-likeness (QED) is 0.862. The van der Waals surface area contributed by atoms with Crippen molar-refractivity contribution in [1.29, 1.82) is 0 Å². The topological polar surface area (TPSA) is 75.2 Å². The Labute approximate surface area is 145 Å². The zero-order valence-electron chi connectivity index (χ0n) is 13.7. The summed E-state index contributed by atoms with van der Waals surface area (Å²) in [4.78, 5) is 33.9. The van der Waals surface area contributed by atoms with Crippen LogP contribution in [0, 0.1) is 5.82 Å². The average Bonchev–Trinajstić information content (AvgIpc) is 2.95. The first-order chi connectivity index (χ1) is 12.1. The van der Waals surface area contributed by atoms with Crippen LogP contribution < -0.4 is 5.32 Å². The van der Waals surface area contributed by atoms with Gasteiger partial charge in [0.15, 0.2) is 0 Å². The van der Waals surface area contributed by atoms with E-state index in [9.17, 15) is 14.0 Å². The van der Waals surface area contributed by atoms with Gasteiger partial charge in [-0.3, -0.25) is 19.6 Å². The highest BCUT2D eigenvalue weighted by atomic mass is 19.1. The van der Waals surface area contributed by atoms with Crippen LogP contribution in [0.2, 0.25) is 0 Å². The van der Waals surface area contributed by atoms with Gasteiger partial charge in [-0.2, -0.15) is 0 Å². The second-order valence-electron chi connectivity index (χ2n) is 6.07. The molecular weight excluding hydrogens is 323 g/mol. The summed E-state index contributed by atoms with van der Waals surface area (Å²) in [5.41, 5.74) is 1.63. The van der Waals surface area contributed by atoms with Crippen molar-refractivity contribution in [3.05, 3.63) is 59.9 Å². The van der Waals surface area contributed by atoms with E-state index in [1.165, 1.54) is 12.1 Å². The summed E-state index contributed by atoms with van der Waals surface area (Å²) in [7, 11) is 0. The molecule has 0 radical (unpaired) electrons. The SMILES string of the molecule is O=C(CCc1cnccn1)NC1CC(=O)N(Cc2ccc(F)cc2)C1. The number of carbonyl (C=O) groups excluding carboxylic acids is 2. The third-order valence-electron chi connectivity index (χ3n) is 4.09. The Morgan fingerprint density at radius 1 is 1.28 bits per heavy atom. The van der Waals surface area contributed by atoms with Gasteiger partial charge in [-0.25, -0.2) is 4.39 Å². The molecule has 130 valence electrons. The number of likely N-dealkylation sites (tertiary alicyclic amines) is 1. The van der Waals surface area contributed by atoms with Crippen LogP contribution in [0.4, 0.5) is 4.39 Å². The van der Waals surface area contributed by atoms with Gasteiger partial charge in [-0.05, 0) is 24.1 Å². The van der Waals surface area contributed by atoms with Crippen LogP contribution in [-0.2, 0) is 22.6 Å². The molecule has 1 aromatic heterocycles. The first-order valence-corrected chi connectivity index (χ1v) is 8.16. The van der Waals surface area contributed by atoms with Crippen LogP contribution in [-0.4, -0.2) is 39.3 Å². The minimum Gasteiger partial charge on any atom is -0.351 e. The number of hydrogen-bond donors (Lipinski definition) is 1. The third-order valence-corrected chi connectivity index (χ3v) is 4.09. The Bertz CT molecular complexity index is 737. The molecule has 1 saturated heterocycles. The van der Waals surface area contributed by atoms with Crippen molar-refractivity contribution in [3.8, 4) is 0 Å². The molecule has 2 amide bonds. The molecular formula is C18H19FN4O2. The van der Waals surface area contributed by atoms with Crippen molar-refractivity contribution in [2.75, 3.05) is 6.54 Å². The maximum Gasteiger partial charge on any atom is 0.225 e.